The van der Waals surface area contributed by atoms with E-state index in [0.717, 1.165) is 13.0 Å². The molecule has 2 aliphatic rings. The molecule has 0 aromatic carbocycles. The van der Waals surface area contributed by atoms with Crippen molar-refractivity contribution in [1.29, 1.82) is 0 Å². The highest BCUT2D eigenvalue weighted by Gasteiger charge is 2.40. The Morgan fingerprint density at radius 2 is 2.45 bits per heavy atom. The molecule has 0 aromatic heterocycles. The molecule has 1 unspecified atom stereocenters. The Bertz CT molecular complexity index is 171. The number of carbonyl (C=O) groups is 1. The van der Waals surface area contributed by atoms with Crippen molar-refractivity contribution in [3.8, 4) is 0 Å². The maximum atomic E-state index is 10.5. The molecule has 4 heteroatoms. The molecule has 2 heterocycles. The van der Waals surface area contributed by atoms with Crippen LogP contribution in [0.3, 0.4) is 0 Å². The van der Waals surface area contributed by atoms with Crippen molar-refractivity contribution in [2.45, 2.75) is 31.0 Å². The van der Waals surface area contributed by atoms with Gasteiger partial charge in [0.2, 0.25) is 0 Å². The molecule has 0 aromatic rings. The van der Waals surface area contributed by atoms with Crippen LogP contribution in [0.15, 0.2) is 0 Å². The monoisotopic (exact) mass is 157 g/mol. The fraction of sp³-hybridized carbons (Fsp3) is 0.857. The number of rotatable bonds is 1. The van der Waals surface area contributed by atoms with Crippen LogP contribution < -0.4 is 5.32 Å². The number of carboxylic acid groups (broad SMARTS) is 1. The lowest BCUT2D eigenvalue weighted by molar-refractivity contribution is -0.139. The van der Waals surface area contributed by atoms with Crippen LogP contribution in [0.2, 0.25) is 0 Å². The largest absolute Gasteiger partial charge is 0.480 e. The van der Waals surface area contributed by atoms with Crippen LogP contribution in [0.5, 0.6) is 0 Å². The number of aliphatic carboxylic acids is 1. The molecule has 0 aliphatic carbocycles. The van der Waals surface area contributed by atoms with Crippen molar-refractivity contribution in [2.24, 2.45) is 0 Å². The average Bonchev–Trinajstić information content (AvgIpc) is 2.40. The first-order valence-electron chi connectivity index (χ1n) is 3.88. The van der Waals surface area contributed by atoms with Crippen molar-refractivity contribution >= 4 is 5.97 Å². The molecule has 2 N–H and O–H groups in total. The second-order valence-corrected chi connectivity index (χ2v) is 3.10. The standard InChI is InChI=1S/C7H11NO3/c9-7(10)5-3-6-4(8-5)1-2-11-6/h4-6,8H,1-3H2,(H,9,10)/t4-,5?,6-/m0/s1. The Kier molecular flexibility index (Phi) is 1.58. The van der Waals surface area contributed by atoms with Gasteiger partial charge in [0, 0.05) is 19.1 Å². The quantitative estimate of drug-likeness (QED) is 0.543. The zero-order valence-electron chi connectivity index (χ0n) is 6.12. The van der Waals surface area contributed by atoms with E-state index in [1.165, 1.54) is 0 Å². The van der Waals surface area contributed by atoms with Gasteiger partial charge < -0.3 is 9.84 Å². The van der Waals surface area contributed by atoms with Gasteiger partial charge in [0.05, 0.1) is 6.10 Å². The molecule has 62 valence electrons. The fourth-order valence-electron chi connectivity index (χ4n) is 1.80. The normalized spacial score (nSPS) is 42.4. The molecule has 2 saturated heterocycles. The van der Waals surface area contributed by atoms with Crippen LogP contribution in [0, 0.1) is 0 Å². The maximum absolute atomic E-state index is 10.5. The topological polar surface area (TPSA) is 58.6 Å². The molecule has 0 spiro atoms. The minimum Gasteiger partial charge on any atom is -0.480 e. The highest BCUT2D eigenvalue weighted by Crippen LogP contribution is 2.24. The first-order chi connectivity index (χ1) is 5.27. The summed E-state index contributed by atoms with van der Waals surface area (Å²) in [5, 5.41) is 11.7. The molecule has 4 nitrogen and oxygen atoms in total. The van der Waals surface area contributed by atoms with Crippen LogP contribution in [0.4, 0.5) is 0 Å². The molecule has 11 heavy (non-hydrogen) atoms. The molecule has 2 fully saturated rings. The Morgan fingerprint density at radius 1 is 1.64 bits per heavy atom. The van der Waals surface area contributed by atoms with Crippen LogP contribution >= 0.6 is 0 Å². The molecule has 0 radical (unpaired) electrons. The summed E-state index contributed by atoms with van der Waals surface area (Å²) < 4.78 is 5.33. The number of ether oxygens (including phenoxy) is 1. The lowest BCUT2D eigenvalue weighted by atomic mass is 10.1. The van der Waals surface area contributed by atoms with Gasteiger partial charge >= 0.3 is 5.97 Å². The van der Waals surface area contributed by atoms with E-state index >= 15 is 0 Å². The zero-order chi connectivity index (χ0) is 7.84. The van der Waals surface area contributed by atoms with Gasteiger partial charge in [-0.3, -0.25) is 10.1 Å². The van der Waals surface area contributed by atoms with Gasteiger partial charge in [0.1, 0.15) is 6.04 Å². The average molecular weight is 157 g/mol. The van der Waals surface area contributed by atoms with Crippen LogP contribution in [0.25, 0.3) is 0 Å². The van der Waals surface area contributed by atoms with Crippen molar-refractivity contribution in [1.82, 2.24) is 5.32 Å². The summed E-state index contributed by atoms with van der Waals surface area (Å²) in [5.41, 5.74) is 0. The van der Waals surface area contributed by atoms with Crippen LogP contribution in [-0.4, -0.2) is 35.9 Å². The van der Waals surface area contributed by atoms with E-state index in [-0.39, 0.29) is 18.2 Å². The second kappa shape index (κ2) is 2.46. The fourth-order valence-corrected chi connectivity index (χ4v) is 1.80. The van der Waals surface area contributed by atoms with E-state index < -0.39 is 5.97 Å². The van der Waals surface area contributed by atoms with Crippen LogP contribution in [-0.2, 0) is 9.53 Å². The third-order valence-electron chi connectivity index (χ3n) is 2.39. The zero-order valence-corrected chi connectivity index (χ0v) is 6.12. The van der Waals surface area contributed by atoms with Gasteiger partial charge in [-0.1, -0.05) is 0 Å². The first kappa shape index (κ1) is 7.06. The van der Waals surface area contributed by atoms with Gasteiger partial charge in [-0.05, 0) is 6.42 Å². The van der Waals surface area contributed by atoms with Gasteiger partial charge in [-0.25, -0.2) is 0 Å². The number of fused-ring (bicyclic) bond motifs is 1. The molecule has 3 atom stereocenters. The number of nitrogens with one attached hydrogen (secondary N) is 1. The third kappa shape index (κ3) is 1.12. The molecule has 0 bridgehead atoms. The molecule has 0 saturated carbocycles. The lowest BCUT2D eigenvalue weighted by Crippen LogP contribution is -2.35. The van der Waals surface area contributed by atoms with Gasteiger partial charge in [-0.2, -0.15) is 0 Å². The Balaban J connectivity index is 1.99. The minimum absolute atomic E-state index is 0.149. The number of hydrogen-bond donors (Lipinski definition) is 2. The summed E-state index contributed by atoms with van der Waals surface area (Å²) in [6, 6.07) is -0.0959. The third-order valence-corrected chi connectivity index (χ3v) is 2.39. The van der Waals surface area contributed by atoms with E-state index in [1.807, 2.05) is 0 Å². The predicted molar refractivity (Wildman–Crippen MR) is 37.3 cm³/mol. The molecular formula is C7H11NO3. The summed E-state index contributed by atoms with van der Waals surface area (Å²) in [6.45, 7) is 0.772. The van der Waals surface area contributed by atoms with E-state index in [2.05, 4.69) is 5.32 Å². The SMILES string of the molecule is O=C(O)C1C[C@@H]2OCC[C@@H]2N1. The summed E-state index contributed by atoms with van der Waals surface area (Å²) in [4.78, 5) is 10.5. The first-order valence-corrected chi connectivity index (χ1v) is 3.88. The summed E-state index contributed by atoms with van der Waals surface area (Å²) in [5.74, 6) is -0.761. The van der Waals surface area contributed by atoms with Crippen LogP contribution in [0.1, 0.15) is 12.8 Å². The predicted octanol–water partition coefficient (Wildman–Crippen LogP) is -0.410. The Hall–Kier alpha value is -0.610. The Morgan fingerprint density at radius 3 is 3.09 bits per heavy atom. The lowest BCUT2D eigenvalue weighted by Gasteiger charge is -2.05. The molecule has 0 amide bonds. The number of carboxylic acids is 1. The van der Waals surface area contributed by atoms with E-state index in [4.69, 9.17) is 9.84 Å². The second-order valence-electron chi connectivity index (χ2n) is 3.10. The molecule has 2 rings (SSSR count). The van der Waals surface area contributed by atoms with Crippen molar-refractivity contribution < 1.29 is 14.6 Å². The van der Waals surface area contributed by atoms with Crippen molar-refractivity contribution in [3.05, 3.63) is 0 Å². The van der Waals surface area contributed by atoms with Gasteiger partial charge in [0.25, 0.3) is 0 Å². The van der Waals surface area contributed by atoms with E-state index in [9.17, 15) is 4.79 Å². The Labute approximate surface area is 64.5 Å². The van der Waals surface area contributed by atoms with Gasteiger partial charge in [0.15, 0.2) is 0 Å². The maximum Gasteiger partial charge on any atom is 0.320 e. The molecular weight excluding hydrogens is 146 g/mol. The van der Waals surface area contributed by atoms with Crippen molar-refractivity contribution in [3.63, 3.8) is 0 Å². The summed E-state index contributed by atoms with van der Waals surface area (Å²) >= 11 is 0. The highest BCUT2D eigenvalue weighted by atomic mass is 16.5. The highest BCUT2D eigenvalue weighted by molar-refractivity contribution is 5.74. The smallest absolute Gasteiger partial charge is 0.320 e. The number of hydrogen-bond acceptors (Lipinski definition) is 3. The van der Waals surface area contributed by atoms with Gasteiger partial charge in [-0.15, -0.1) is 0 Å². The summed E-state index contributed by atoms with van der Waals surface area (Å²) in [7, 11) is 0. The van der Waals surface area contributed by atoms with E-state index in [0.29, 0.717) is 6.42 Å². The summed E-state index contributed by atoms with van der Waals surface area (Å²) in [6.07, 6.45) is 1.73. The molecule has 2 aliphatic heterocycles. The van der Waals surface area contributed by atoms with E-state index in [1.54, 1.807) is 0 Å². The van der Waals surface area contributed by atoms with Crippen molar-refractivity contribution in [2.75, 3.05) is 6.61 Å². The minimum atomic E-state index is -0.761.